The van der Waals surface area contributed by atoms with Crippen molar-refractivity contribution in [1.29, 1.82) is 0 Å². The molecule has 2 aromatic rings. The molecule has 1 aliphatic rings. The van der Waals surface area contributed by atoms with E-state index in [9.17, 15) is 43.6 Å². The van der Waals surface area contributed by atoms with Gasteiger partial charge in [-0.15, -0.1) is 5.10 Å². The van der Waals surface area contributed by atoms with Crippen molar-refractivity contribution in [2.24, 2.45) is 0 Å². The van der Waals surface area contributed by atoms with Gasteiger partial charge in [0.2, 0.25) is 5.60 Å². The number of ether oxygens (including phenoxy) is 3. The number of nitrogens with zero attached hydrogens (tertiary/aromatic N) is 3. The number of benzene rings is 1. The Morgan fingerprint density at radius 3 is 2.42 bits per heavy atom. The van der Waals surface area contributed by atoms with Gasteiger partial charge in [-0.3, -0.25) is 9.62 Å². The Labute approximate surface area is 243 Å². The number of halogens is 5. The monoisotopic (exact) mass is 664 g/mol. The molecule has 0 bridgehead atoms. The summed E-state index contributed by atoms with van der Waals surface area (Å²) in [6.07, 6.45) is -6.24. The van der Waals surface area contributed by atoms with Crippen LogP contribution >= 0.6 is 0 Å². The Morgan fingerprint density at radius 1 is 1.21 bits per heavy atom. The number of alkyl halides is 5. The van der Waals surface area contributed by atoms with Crippen molar-refractivity contribution < 1.29 is 62.9 Å². The molecule has 2 N–H and O–H groups in total. The lowest BCUT2D eigenvalue weighted by molar-refractivity contribution is -0.242. The summed E-state index contributed by atoms with van der Waals surface area (Å²) in [5, 5.41) is 14.6. The summed E-state index contributed by atoms with van der Waals surface area (Å²) < 4.78 is 134. The Kier molecular flexibility index (Phi) is 9.76. The highest BCUT2D eigenvalue weighted by Gasteiger charge is 2.51. The average molecular weight is 665 g/mol. The van der Waals surface area contributed by atoms with Crippen molar-refractivity contribution in [2.75, 3.05) is 34.8 Å². The van der Waals surface area contributed by atoms with E-state index in [1.807, 2.05) is 0 Å². The van der Waals surface area contributed by atoms with E-state index < -0.39 is 86.2 Å². The van der Waals surface area contributed by atoms with E-state index in [-0.39, 0.29) is 28.2 Å². The zero-order valence-corrected chi connectivity index (χ0v) is 24.8. The number of fused-ring (bicyclic) bond motifs is 1. The first-order valence-corrected chi connectivity index (χ1v) is 15.9. The quantitative estimate of drug-likeness (QED) is 0.340. The van der Waals surface area contributed by atoms with Gasteiger partial charge in [0, 0.05) is 18.4 Å². The fourth-order valence-corrected chi connectivity index (χ4v) is 6.30. The van der Waals surface area contributed by atoms with E-state index in [0.717, 1.165) is 12.3 Å². The second-order valence-electron chi connectivity index (χ2n) is 9.95. The van der Waals surface area contributed by atoms with Crippen LogP contribution in [0.15, 0.2) is 29.3 Å². The third-order valence-electron chi connectivity index (χ3n) is 6.17. The van der Waals surface area contributed by atoms with Crippen LogP contribution in [0, 0.1) is 0 Å². The lowest BCUT2D eigenvalue weighted by atomic mass is 10.1. The molecule has 0 unspecified atom stereocenters. The number of amides is 1. The smallest absolute Gasteiger partial charge is 0.427 e. The lowest BCUT2D eigenvalue weighted by Crippen LogP contribution is -2.51. The fraction of sp³-hybridized carbons (Fsp3) is 0.565. The van der Waals surface area contributed by atoms with Crippen molar-refractivity contribution in [3.05, 3.63) is 24.4 Å². The number of sulfonamides is 1. The van der Waals surface area contributed by atoms with Gasteiger partial charge < -0.3 is 19.3 Å². The van der Waals surface area contributed by atoms with Gasteiger partial charge in [0.15, 0.2) is 4.90 Å². The molecule has 0 saturated heterocycles. The number of hydrogen-bond donors (Lipinski definition) is 2. The summed E-state index contributed by atoms with van der Waals surface area (Å²) >= 11 is 0. The molecule has 0 spiro atoms. The number of sulfone groups is 1. The molecule has 0 saturated carbocycles. The predicted molar refractivity (Wildman–Crippen MR) is 141 cm³/mol. The number of nitrogens with one attached hydrogen (secondary N) is 1. The highest BCUT2D eigenvalue weighted by Crippen LogP contribution is 2.43. The zero-order chi connectivity index (χ0) is 32.5. The Morgan fingerprint density at radius 2 is 1.86 bits per heavy atom. The van der Waals surface area contributed by atoms with Crippen LogP contribution in [0.2, 0.25) is 0 Å². The van der Waals surface area contributed by atoms with Gasteiger partial charge in [-0.05, 0) is 39.0 Å². The van der Waals surface area contributed by atoms with Gasteiger partial charge in [-0.25, -0.2) is 26.3 Å². The molecule has 2 atom stereocenters. The number of hydrogen-bond acceptors (Lipinski definition) is 10. The molecule has 242 valence electrons. The number of aliphatic hydroxyl groups is 1. The number of carbonyl (C=O) groups is 1. The normalized spacial score (nSPS) is 17.8. The maximum Gasteiger partial charge on any atom is 0.427 e. The number of rotatable bonds is 11. The maximum absolute atomic E-state index is 14.0. The van der Waals surface area contributed by atoms with E-state index in [4.69, 9.17) is 14.6 Å². The van der Waals surface area contributed by atoms with Crippen molar-refractivity contribution in [3.8, 4) is 11.6 Å². The van der Waals surface area contributed by atoms with Crippen molar-refractivity contribution in [1.82, 2.24) is 9.78 Å². The summed E-state index contributed by atoms with van der Waals surface area (Å²) in [5.74, 6) is -1.32. The SMILES string of the molecule is C[C@@H]1[C@H](CCS(C)(=O)=O)Oc2ccc(NC(=O)OC(C)(C)C(F)(F)F)cc2N1S(=O)(=O)c1cn(C(F)F)nc1OCCO. The predicted octanol–water partition coefficient (Wildman–Crippen LogP) is 3.32. The van der Waals surface area contributed by atoms with Gasteiger partial charge in [-0.2, -0.15) is 22.0 Å². The van der Waals surface area contributed by atoms with Crippen molar-refractivity contribution >= 4 is 37.3 Å². The molecule has 1 aliphatic heterocycles. The number of aliphatic hydroxyl groups excluding tert-OH is 1. The molecule has 0 fully saturated rings. The summed E-state index contributed by atoms with van der Waals surface area (Å²) in [4.78, 5) is 11.4. The Bertz CT molecular complexity index is 1550. The largest absolute Gasteiger partial charge is 0.486 e. The minimum atomic E-state index is -4.91. The van der Waals surface area contributed by atoms with Crippen molar-refractivity contribution in [3.63, 3.8) is 0 Å². The van der Waals surface area contributed by atoms with Gasteiger partial charge >= 0.3 is 18.8 Å². The number of carbonyl (C=O) groups excluding carboxylic acids is 1. The first kappa shape index (κ1) is 34.1. The molecule has 1 aromatic heterocycles. The van der Waals surface area contributed by atoms with Crippen LogP contribution in [-0.2, 0) is 24.6 Å². The molecule has 1 amide bonds. The average Bonchev–Trinajstić information content (AvgIpc) is 3.30. The zero-order valence-electron chi connectivity index (χ0n) is 23.1. The fourth-order valence-electron chi connectivity index (χ4n) is 3.89. The molecule has 1 aromatic carbocycles. The van der Waals surface area contributed by atoms with Crippen LogP contribution in [0.3, 0.4) is 0 Å². The third kappa shape index (κ3) is 7.77. The summed E-state index contributed by atoms with van der Waals surface area (Å²) in [5.41, 5.74) is -3.39. The molecular weight excluding hydrogens is 635 g/mol. The Hall–Kier alpha value is -3.39. The maximum atomic E-state index is 14.0. The summed E-state index contributed by atoms with van der Waals surface area (Å²) in [6.45, 7) is -1.80. The van der Waals surface area contributed by atoms with E-state index >= 15 is 0 Å². The molecule has 0 aliphatic carbocycles. The van der Waals surface area contributed by atoms with Gasteiger partial charge in [-0.1, -0.05) is 0 Å². The highest BCUT2D eigenvalue weighted by atomic mass is 32.2. The van der Waals surface area contributed by atoms with E-state index in [1.165, 1.54) is 19.1 Å². The lowest BCUT2D eigenvalue weighted by Gasteiger charge is -2.41. The van der Waals surface area contributed by atoms with Crippen LogP contribution < -0.4 is 19.1 Å². The van der Waals surface area contributed by atoms with Crippen LogP contribution in [0.1, 0.15) is 33.7 Å². The molecule has 3 rings (SSSR count). The topological polar surface area (TPSA) is 166 Å². The minimum Gasteiger partial charge on any atom is -0.486 e. The van der Waals surface area contributed by atoms with Crippen LogP contribution in [0.5, 0.6) is 11.6 Å². The van der Waals surface area contributed by atoms with Crippen LogP contribution in [0.25, 0.3) is 0 Å². The molecule has 20 heteroatoms. The van der Waals surface area contributed by atoms with Crippen LogP contribution in [0.4, 0.5) is 38.1 Å². The number of anilines is 2. The van der Waals surface area contributed by atoms with Gasteiger partial charge in [0.25, 0.3) is 15.9 Å². The van der Waals surface area contributed by atoms with Crippen molar-refractivity contribution in [2.45, 2.75) is 62.6 Å². The third-order valence-corrected chi connectivity index (χ3v) is 9.03. The molecule has 2 heterocycles. The molecule has 0 radical (unpaired) electrons. The second kappa shape index (κ2) is 12.3. The first-order valence-electron chi connectivity index (χ1n) is 12.4. The first-order chi connectivity index (χ1) is 19.7. The molecule has 13 nitrogen and oxygen atoms in total. The second-order valence-corrected chi connectivity index (χ2v) is 14.0. The molecular formula is C23H29F5N4O9S2. The van der Waals surface area contributed by atoms with E-state index in [0.29, 0.717) is 24.3 Å². The number of aromatic nitrogens is 2. The Balaban J connectivity index is 2.11. The minimum absolute atomic E-state index is 0.0170. The highest BCUT2D eigenvalue weighted by molar-refractivity contribution is 7.93. The summed E-state index contributed by atoms with van der Waals surface area (Å²) in [6, 6.07) is 2.17. The van der Waals surface area contributed by atoms with Crippen LogP contribution in [-0.4, -0.2) is 87.0 Å². The van der Waals surface area contributed by atoms with Gasteiger partial charge in [0.05, 0.1) is 30.3 Å². The van der Waals surface area contributed by atoms with Gasteiger partial charge in [0.1, 0.15) is 28.3 Å². The van der Waals surface area contributed by atoms with E-state index in [2.05, 4.69) is 15.2 Å². The van der Waals surface area contributed by atoms with E-state index in [1.54, 1.807) is 0 Å². The standard InChI is InChI=1S/C23H29F5N4O9S2/c1-13-16(7-10-42(4,35)36)40-17-6-5-14(29-21(34)41-22(2,3)23(26,27)28)11-15(17)32(13)43(37,38)18-12-31(20(24)25)30-19(18)39-9-8-33/h5-6,11-13,16,20,33H,7-10H2,1-4H3,(H,29,34)/t13-,16+/m1/s1. The molecule has 43 heavy (non-hydrogen) atoms. The summed E-state index contributed by atoms with van der Waals surface area (Å²) in [7, 11) is -8.42.